The van der Waals surface area contributed by atoms with Gasteiger partial charge in [-0.1, -0.05) is 74.5 Å². The van der Waals surface area contributed by atoms with E-state index in [0.717, 1.165) is 13.1 Å². The quantitative estimate of drug-likeness (QED) is 0.781. The molecule has 0 amide bonds. The van der Waals surface area contributed by atoms with Crippen molar-refractivity contribution in [3.63, 3.8) is 0 Å². The molecule has 0 fully saturated rings. The Kier molecular flexibility index (Phi) is 6.55. The number of nitrogens with zero attached hydrogens (tertiary/aromatic N) is 1. The van der Waals surface area contributed by atoms with E-state index in [4.69, 9.17) is 5.73 Å². The van der Waals surface area contributed by atoms with Crippen LogP contribution >= 0.6 is 0 Å². The zero-order valence-electron chi connectivity index (χ0n) is 15.0. The Morgan fingerprint density at radius 3 is 1.71 bits per heavy atom. The SMILES string of the molecule is C[C@H]([C@@H](O)C(C)(C)CN)N(Cc1ccccc1)Cc1ccccc1. The fourth-order valence-electron chi connectivity index (χ4n) is 2.95. The van der Waals surface area contributed by atoms with Gasteiger partial charge in [-0.2, -0.15) is 0 Å². The van der Waals surface area contributed by atoms with E-state index in [0.29, 0.717) is 6.54 Å². The fourth-order valence-corrected chi connectivity index (χ4v) is 2.95. The van der Waals surface area contributed by atoms with Crippen molar-refractivity contribution in [3.8, 4) is 0 Å². The largest absolute Gasteiger partial charge is 0.391 e. The van der Waals surface area contributed by atoms with Gasteiger partial charge < -0.3 is 10.8 Å². The number of nitrogens with two attached hydrogens (primary N) is 1. The minimum absolute atomic E-state index is 0.00367. The standard InChI is InChI=1S/C21H30N2O/c1-17(20(24)21(2,3)16-22)23(14-18-10-6-4-7-11-18)15-19-12-8-5-9-13-19/h4-13,17,20,24H,14-16,22H2,1-3H3/t17-,20-/m1/s1. The van der Waals surface area contributed by atoms with Crippen molar-refractivity contribution in [2.45, 2.75) is 46.0 Å². The molecular weight excluding hydrogens is 296 g/mol. The minimum Gasteiger partial charge on any atom is -0.391 e. The van der Waals surface area contributed by atoms with Crippen LogP contribution in [0.5, 0.6) is 0 Å². The van der Waals surface area contributed by atoms with Crippen molar-refractivity contribution < 1.29 is 5.11 Å². The van der Waals surface area contributed by atoms with Gasteiger partial charge in [-0.25, -0.2) is 0 Å². The molecule has 3 nitrogen and oxygen atoms in total. The molecule has 0 radical (unpaired) electrons. The zero-order chi connectivity index (χ0) is 17.6. The number of aliphatic hydroxyl groups is 1. The summed E-state index contributed by atoms with van der Waals surface area (Å²) in [6.07, 6.45) is -0.491. The molecule has 0 unspecified atom stereocenters. The first-order chi connectivity index (χ1) is 11.4. The first-order valence-corrected chi connectivity index (χ1v) is 8.64. The molecule has 3 N–H and O–H groups in total. The summed E-state index contributed by atoms with van der Waals surface area (Å²) in [4.78, 5) is 2.33. The lowest BCUT2D eigenvalue weighted by molar-refractivity contribution is -0.0224. The van der Waals surface area contributed by atoms with E-state index in [9.17, 15) is 5.11 Å². The third kappa shape index (κ3) is 4.91. The summed E-state index contributed by atoms with van der Waals surface area (Å²) in [5.74, 6) is 0. The maximum absolute atomic E-state index is 10.9. The molecule has 0 spiro atoms. The molecule has 0 heterocycles. The molecule has 3 heteroatoms. The van der Waals surface area contributed by atoms with Crippen LogP contribution in [0, 0.1) is 5.41 Å². The van der Waals surface area contributed by atoms with E-state index in [2.05, 4.69) is 60.4 Å². The summed E-state index contributed by atoms with van der Waals surface area (Å²) in [7, 11) is 0. The van der Waals surface area contributed by atoms with Gasteiger partial charge in [0.05, 0.1) is 6.10 Å². The molecule has 2 aromatic rings. The van der Waals surface area contributed by atoms with Crippen molar-refractivity contribution in [1.29, 1.82) is 0 Å². The average molecular weight is 326 g/mol. The summed E-state index contributed by atoms with van der Waals surface area (Å²) >= 11 is 0. The van der Waals surface area contributed by atoms with E-state index in [1.54, 1.807) is 0 Å². The molecule has 0 saturated heterocycles. The van der Waals surface area contributed by atoms with E-state index < -0.39 is 6.10 Å². The van der Waals surface area contributed by atoms with Crippen LogP contribution in [0.3, 0.4) is 0 Å². The van der Waals surface area contributed by atoms with Crippen LogP contribution in [0.4, 0.5) is 0 Å². The maximum atomic E-state index is 10.9. The minimum atomic E-state index is -0.491. The second kappa shape index (κ2) is 8.43. The Labute approximate surface area is 146 Å². The Balaban J connectivity index is 2.21. The number of hydrogen-bond donors (Lipinski definition) is 2. The van der Waals surface area contributed by atoms with Gasteiger partial charge in [0.2, 0.25) is 0 Å². The highest BCUT2D eigenvalue weighted by molar-refractivity contribution is 5.17. The highest BCUT2D eigenvalue weighted by Crippen LogP contribution is 2.26. The molecule has 0 aliphatic rings. The van der Waals surface area contributed by atoms with E-state index in [1.165, 1.54) is 11.1 Å². The van der Waals surface area contributed by atoms with Gasteiger partial charge in [0.15, 0.2) is 0 Å². The molecule has 130 valence electrons. The maximum Gasteiger partial charge on any atom is 0.0755 e. The van der Waals surface area contributed by atoms with Crippen LogP contribution in [-0.2, 0) is 13.1 Å². The normalized spacial score (nSPS) is 14.6. The summed E-state index contributed by atoms with van der Waals surface area (Å²) < 4.78 is 0. The van der Waals surface area contributed by atoms with Gasteiger partial charge in [0, 0.05) is 24.5 Å². The molecule has 0 aliphatic carbocycles. The highest BCUT2D eigenvalue weighted by Gasteiger charge is 2.33. The monoisotopic (exact) mass is 326 g/mol. The fraction of sp³-hybridized carbons (Fsp3) is 0.429. The lowest BCUT2D eigenvalue weighted by Crippen LogP contribution is -2.50. The van der Waals surface area contributed by atoms with Crippen LogP contribution < -0.4 is 5.73 Å². The number of benzene rings is 2. The molecule has 2 aromatic carbocycles. The Morgan fingerprint density at radius 1 is 0.917 bits per heavy atom. The second-order valence-corrected chi connectivity index (χ2v) is 7.25. The van der Waals surface area contributed by atoms with Gasteiger partial charge >= 0.3 is 0 Å². The lowest BCUT2D eigenvalue weighted by Gasteiger charge is -2.39. The molecule has 0 aliphatic heterocycles. The number of rotatable bonds is 8. The first-order valence-electron chi connectivity index (χ1n) is 8.64. The predicted octanol–water partition coefficient (Wildman–Crippen LogP) is 3.42. The number of aliphatic hydroxyl groups excluding tert-OH is 1. The van der Waals surface area contributed by atoms with Crippen molar-refractivity contribution in [2.24, 2.45) is 11.1 Å². The lowest BCUT2D eigenvalue weighted by atomic mass is 9.82. The predicted molar refractivity (Wildman–Crippen MR) is 100 cm³/mol. The highest BCUT2D eigenvalue weighted by atomic mass is 16.3. The second-order valence-electron chi connectivity index (χ2n) is 7.25. The molecule has 24 heavy (non-hydrogen) atoms. The van der Waals surface area contributed by atoms with Gasteiger partial charge in [-0.05, 0) is 24.6 Å². The van der Waals surface area contributed by atoms with Crippen LogP contribution in [0.25, 0.3) is 0 Å². The third-order valence-electron chi connectivity index (χ3n) is 4.82. The molecule has 0 bridgehead atoms. The van der Waals surface area contributed by atoms with Crippen molar-refractivity contribution in [2.75, 3.05) is 6.54 Å². The first kappa shape index (κ1) is 18.7. The average Bonchev–Trinajstić information content (AvgIpc) is 2.61. The molecule has 0 saturated carbocycles. The summed E-state index contributed by atoms with van der Waals surface area (Å²) in [5.41, 5.74) is 8.05. The topological polar surface area (TPSA) is 49.5 Å². The smallest absolute Gasteiger partial charge is 0.0755 e. The Bertz CT molecular complexity index is 556. The molecular formula is C21H30N2O. The zero-order valence-corrected chi connectivity index (χ0v) is 15.0. The third-order valence-corrected chi connectivity index (χ3v) is 4.82. The van der Waals surface area contributed by atoms with Crippen molar-refractivity contribution in [3.05, 3.63) is 71.8 Å². The Hall–Kier alpha value is -1.68. The van der Waals surface area contributed by atoms with Gasteiger partial charge in [-0.3, -0.25) is 4.90 Å². The van der Waals surface area contributed by atoms with Gasteiger partial charge in [-0.15, -0.1) is 0 Å². The number of hydrogen-bond acceptors (Lipinski definition) is 3. The summed E-state index contributed by atoms with van der Waals surface area (Å²) in [5, 5.41) is 10.9. The molecule has 2 atom stereocenters. The van der Waals surface area contributed by atoms with E-state index in [1.807, 2.05) is 26.0 Å². The Morgan fingerprint density at radius 2 is 1.33 bits per heavy atom. The van der Waals surface area contributed by atoms with Gasteiger partial charge in [0.25, 0.3) is 0 Å². The van der Waals surface area contributed by atoms with E-state index in [-0.39, 0.29) is 11.5 Å². The van der Waals surface area contributed by atoms with Crippen molar-refractivity contribution >= 4 is 0 Å². The van der Waals surface area contributed by atoms with Crippen LogP contribution in [0.1, 0.15) is 31.9 Å². The van der Waals surface area contributed by atoms with Crippen molar-refractivity contribution in [1.82, 2.24) is 4.90 Å². The van der Waals surface area contributed by atoms with E-state index >= 15 is 0 Å². The summed E-state index contributed by atoms with van der Waals surface area (Å²) in [6, 6.07) is 20.8. The van der Waals surface area contributed by atoms with Crippen LogP contribution in [0.15, 0.2) is 60.7 Å². The molecule has 0 aromatic heterocycles. The van der Waals surface area contributed by atoms with Crippen LogP contribution in [-0.4, -0.2) is 28.7 Å². The van der Waals surface area contributed by atoms with Crippen LogP contribution in [0.2, 0.25) is 0 Å². The summed E-state index contributed by atoms with van der Waals surface area (Å²) in [6.45, 7) is 8.20. The van der Waals surface area contributed by atoms with Gasteiger partial charge in [0.1, 0.15) is 0 Å². The molecule has 2 rings (SSSR count).